The summed E-state index contributed by atoms with van der Waals surface area (Å²) in [5.41, 5.74) is 0. The number of hydrogen-bond donors (Lipinski definition) is 1. The van der Waals surface area contributed by atoms with E-state index in [0.29, 0.717) is 18.2 Å². The Morgan fingerprint density at radius 1 is 1.48 bits per heavy atom. The molecule has 1 N–H and O–H groups in total. The van der Waals surface area contributed by atoms with Gasteiger partial charge in [0, 0.05) is 17.9 Å². The van der Waals surface area contributed by atoms with Crippen LogP contribution in [-0.2, 0) is 14.8 Å². The summed E-state index contributed by atoms with van der Waals surface area (Å²) in [6.07, 6.45) is 0.713. The fourth-order valence-electron chi connectivity index (χ4n) is 2.12. The van der Waals surface area contributed by atoms with Gasteiger partial charge >= 0.3 is 0 Å². The van der Waals surface area contributed by atoms with Crippen LogP contribution in [0.25, 0.3) is 0 Å². The fraction of sp³-hybridized carbons (Fsp3) is 0.500. The minimum absolute atomic E-state index is 0.0533. The van der Waals surface area contributed by atoms with E-state index in [2.05, 4.69) is 5.32 Å². The van der Waals surface area contributed by atoms with Crippen LogP contribution in [-0.4, -0.2) is 42.3 Å². The molecule has 0 spiro atoms. The zero-order valence-corrected chi connectivity index (χ0v) is 14.4. The maximum absolute atomic E-state index is 13.8. The molecule has 5 nitrogen and oxygen atoms in total. The number of nitrogens with zero attached hydrogens (tertiary/aromatic N) is 1. The van der Waals surface area contributed by atoms with Gasteiger partial charge in [0.15, 0.2) is 0 Å². The van der Waals surface area contributed by atoms with Crippen LogP contribution in [0.2, 0.25) is 0 Å². The number of hydrogen-bond acceptors (Lipinski definition) is 4. The maximum atomic E-state index is 13.8. The summed E-state index contributed by atoms with van der Waals surface area (Å²) in [6, 6.07) is 1.30. The third-order valence-electron chi connectivity index (χ3n) is 3.63. The van der Waals surface area contributed by atoms with Crippen LogP contribution < -0.4 is 5.32 Å². The van der Waals surface area contributed by atoms with Crippen LogP contribution in [0.3, 0.4) is 0 Å². The van der Waals surface area contributed by atoms with E-state index in [9.17, 15) is 22.0 Å². The second-order valence-electron chi connectivity index (χ2n) is 5.30. The van der Waals surface area contributed by atoms with E-state index in [-0.39, 0.29) is 11.9 Å². The SMILES string of the molecule is CC[C@@H](C)NC(=O)[C@H]1CSCN1S(=O)(=O)c1ccc(F)cc1F. The molecule has 2 atom stereocenters. The van der Waals surface area contributed by atoms with E-state index >= 15 is 0 Å². The van der Waals surface area contributed by atoms with Gasteiger partial charge < -0.3 is 5.32 Å². The first-order chi connectivity index (χ1) is 10.8. The zero-order chi connectivity index (χ0) is 17.2. The Morgan fingerprint density at radius 3 is 2.78 bits per heavy atom. The number of benzene rings is 1. The number of carbonyl (C=O) groups excluding carboxylic acids is 1. The van der Waals surface area contributed by atoms with Gasteiger partial charge in [0.25, 0.3) is 0 Å². The summed E-state index contributed by atoms with van der Waals surface area (Å²) >= 11 is 1.27. The molecule has 0 aromatic heterocycles. The lowest BCUT2D eigenvalue weighted by molar-refractivity contribution is -0.124. The van der Waals surface area contributed by atoms with Crippen molar-refractivity contribution in [3.63, 3.8) is 0 Å². The van der Waals surface area contributed by atoms with E-state index in [1.54, 1.807) is 0 Å². The van der Waals surface area contributed by atoms with Gasteiger partial charge in [-0.05, 0) is 25.5 Å². The number of sulfonamides is 1. The topological polar surface area (TPSA) is 66.5 Å². The lowest BCUT2D eigenvalue weighted by atomic mass is 10.2. The Labute approximate surface area is 138 Å². The number of thioether (sulfide) groups is 1. The van der Waals surface area contributed by atoms with E-state index in [1.165, 1.54) is 11.8 Å². The van der Waals surface area contributed by atoms with Crippen molar-refractivity contribution >= 4 is 27.7 Å². The summed E-state index contributed by atoms with van der Waals surface area (Å²) in [7, 11) is -4.21. The van der Waals surface area contributed by atoms with Crippen LogP contribution >= 0.6 is 11.8 Å². The normalized spacial score (nSPS) is 20.4. The Balaban J connectivity index is 2.29. The fourth-order valence-corrected chi connectivity index (χ4v) is 5.32. The highest BCUT2D eigenvalue weighted by Crippen LogP contribution is 2.29. The van der Waals surface area contributed by atoms with Gasteiger partial charge in [0.2, 0.25) is 15.9 Å². The minimum atomic E-state index is -4.21. The molecule has 1 aliphatic rings. The average Bonchev–Trinajstić information content (AvgIpc) is 2.96. The molecule has 1 heterocycles. The van der Waals surface area contributed by atoms with Crippen molar-refractivity contribution in [2.45, 2.75) is 37.2 Å². The van der Waals surface area contributed by atoms with Gasteiger partial charge in [0.05, 0.1) is 5.88 Å². The summed E-state index contributed by atoms with van der Waals surface area (Å²) in [4.78, 5) is 11.6. The van der Waals surface area contributed by atoms with Crippen LogP contribution in [0.5, 0.6) is 0 Å². The third kappa shape index (κ3) is 3.84. The first kappa shape index (κ1) is 18.2. The van der Waals surface area contributed by atoms with Gasteiger partial charge in [-0.25, -0.2) is 17.2 Å². The molecule has 1 aromatic carbocycles. The molecule has 2 rings (SSSR count). The first-order valence-corrected chi connectivity index (χ1v) is 9.71. The molecule has 0 saturated carbocycles. The number of halogens is 2. The highest BCUT2D eigenvalue weighted by atomic mass is 32.2. The van der Waals surface area contributed by atoms with E-state index in [1.807, 2.05) is 13.8 Å². The molecular weight excluding hydrogens is 346 g/mol. The Hall–Kier alpha value is -1.19. The molecule has 0 unspecified atom stereocenters. The van der Waals surface area contributed by atoms with Gasteiger partial charge in [-0.2, -0.15) is 4.31 Å². The van der Waals surface area contributed by atoms with E-state index < -0.39 is 38.5 Å². The number of amides is 1. The standard InChI is InChI=1S/C14H18F2N2O3S2/c1-3-9(2)17-14(19)12-7-22-8-18(12)23(20,21)13-5-4-10(15)6-11(13)16/h4-6,9,12H,3,7-8H2,1-2H3,(H,17,19)/t9-,12-/m1/s1. The largest absolute Gasteiger partial charge is 0.352 e. The predicted molar refractivity (Wildman–Crippen MR) is 84.4 cm³/mol. The molecule has 0 bridgehead atoms. The molecule has 0 radical (unpaired) electrons. The smallest absolute Gasteiger partial charge is 0.247 e. The second-order valence-corrected chi connectivity index (χ2v) is 8.16. The zero-order valence-electron chi connectivity index (χ0n) is 12.8. The lowest BCUT2D eigenvalue weighted by Crippen LogP contribution is -2.49. The molecule has 1 aliphatic heterocycles. The average molecular weight is 364 g/mol. The van der Waals surface area contributed by atoms with Crippen molar-refractivity contribution in [2.24, 2.45) is 0 Å². The van der Waals surface area contributed by atoms with Gasteiger partial charge in [0.1, 0.15) is 22.6 Å². The molecule has 1 amide bonds. The first-order valence-electron chi connectivity index (χ1n) is 7.12. The Kier molecular flexibility index (Phi) is 5.64. The van der Waals surface area contributed by atoms with Crippen molar-refractivity contribution in [3.8, 4) is 0 Å². The quantitative estimate of drug-likeness (QED) is 0.867. The van der Waals surface area contributed by atoms with Gasteiger partial charge in [-0.15, -0.1) is 11.8 Å². The second kappa shape index (κ2) is 7.14. The lowest BCUT2D eigenvalue weighted by Gasteiger charge is -2.24. The summed E-state index contributed by atoms with van der Waals surface area (Å²) in [6.45, 7) is 3.72. The third-order valence-corrected chi connectivity index (χ3v) is 6.69. The number of nitrogens with one attached hydrogen (secondary N) is 1. The van der Waals surface area contributed by atoms with Crippen molar-refractivity contribution in [2.75, 3.05) is 11.6 Å². The van der Waals surface area contributed by atoms with Crippen molar-refractivity contribution < 1.29 is 22.0 Å². The van der Waals surface area contributed by atoms with Crippen molar-refractivity contribution in [1.29, 1.82) is 0 Å². The molecule has 1 saturated heterocycles. The van der Waals surface area contributed by atoms with Crippen molar-refractivity contribution in [3.05, 3.63) is 29.8 Å². The minimum Gasteiger partial charge on any atom is -0.352 e. The van der Waals surface area contributed by atoms with E-state index in [0.717, 1.165) is 16.4 Å². The van der Waals surface area contributed by atoms with E-state index in [4.69, 9.17) is 0 Å². The molecule has 9 heteroatoms. The van der Waals surface area contributed by atoms with Gasteiger partial charge in [-0.1, -0.05) is 6.92 Å². The van der Waals surface area contributed by atoms with Gasteiger partial charge in [-0.3, -0.25) is 4.79 Å². The van der Waals surface area contributed by atoms with Crippen molar-refractivity contribution in [1.82, 2.24) is 9.62 Å². The maximum Gasteiger partial charge on any atom is 0.247 e. The summed E-state index contributed by atoms with van der Waals surface area (Å²) < 4.78 is 53.0. The molecular formula is C14H18F2N2O3S2. The monoisotopic (exact) mass is 364 g/mol. The number of carbonyl (C=O) groups is 1. The molecule has 128 valence electrons. The van der Waals surface area contributed by atoms with Crippen LogP contribution in [0.4, 0.5) is 8.78 Å². The summed E-state index contributed by atoms with van der Waals surface area (Å²) in [5, 5.41) is 2.74. The predicted octanol–water partition coefficient (Wildman–Crippen LogP) is 1.94. The highest BCUT2D eigenvalue weighted by molar-refractivity contribution is 8.00. The Bertz CT molecular complexity index is 697. The molecule has 1 aromatic rings. The van der Waals surface area contributed by atoms with Crippen LogP contribution in [0.15, 0.2) is 23.1 Å². The van der Waals surface area contributed by atoms with Crippen LogP contribution in [0.1, 0.15) is 20.3 Å². The molecule has 23 heavy (non-hydrogen) atoms. The molecule has 0 aliphatic carbocycles. The molecule has 1 fully saturated rings. The highest BCUT2D eigenvalue weighted by Gasteiger charge is 2.41. The Morgan fingerprint density at radius 2 is 2.17 bits per heavy atom. The van der Waals surface area contributed by atoms with Crippen LogP contribution in [0, 0.1) is 11.6 Å². The summed E-state index contributed by atoms with van der Waals surface area (Å²) in [5.74, 6) is -2.08. The number of rotatable bonds is 5.